The zero-order chi connectivity index (χ0) is 14.4. The summed E-state index contributed by atoms with van der Waals surface area (Å²) in [5.74, 6) is 0.939. The van der Waals surface area contributed by atoms with Crippen LogP contribution in [0.4, 0.5) is 0 Å². The van der Waals surface area contributed by atoms with Crippen LogP contribution >= 0.6 is 0 Å². The zero-order valence-corrected chi connectivity index (χ0v) is 13.4. The molecule has 0 unspecified atom stereocenters. The van der Waals surface area contributed by atoms with E-state index in [9.17, 15) is 0 Å². The van der Waals surface area contributed by atoms with Gasteiger partial charge in [0.15, 0.2) is 0 Å². The summed E-state index contributed by atoms with van der Waals surface area (Å²) < 4.78 is 0. The molecule has 20 heavy (non-hydrogen) atoms. The summed E-state index contributed by atoms with van der Waals surface area (Å²) in [6, 6.07) is 6.76. The van der Waals surface area contributed by atoms with Crippen molar-refractivity contribution in [3.8, 4) is 0 Å². The van der Waals surface area contributed by atoms with Gasteiger partial charge in [-0.25, -0.2) is 0 Å². The van der Waals surface area contributed by atoms with Crippen LogP contribution in [-0.4, -0.2) is 31.1 Å². The lowest BCUT2D eigenvalue weighted by Crippen LogP contribution is -2.34. The van der Waals surface area contributed by atoms with E-state index in [2.05, 4.69) is 49.2 Å². The van der Waals surface area contributed by atoms with Gasteiger partial charge in [-0.2, -0.15) is 0 Å². The average Bonchev–Trinajstić information content (AvgIpc) is 2.44. The molecule has 2 heteroatoms. The Bertz CT molecular complexity index is 406. The third-order valence-electron chi connectivity index (χ3n) is 4.60. The average molecular weight is 274 g/mol. The third-order valence-corrected chi connectivity index (χ3v) is 4.60. The molecule has 0 radical (unpaired) electrons. The summed E-state index contributed by atoms with van der Waals surface area (Å²) in [5, 5.41) is 3.57. The van der Waals surface area contributed by atoms with Gasteiger partial charge in [-0.05, 0) is 81.9 Å². The largest absolute Gasteiger partial charge is 0.313 e. The number of nitrogens with zero attached hydrogens (tertiary/aromatic N) is 1. The van der Waals surface area contributed by atoms with Gasteiger partial charge in [-0.1, -0.05) is 25.1 Å². The Balaban J connectivity index is 1.58. The maximum absolute atomic E-state index is 3.57. The fourth-order valence-corrected chi connectivity index (χ4v) is 2.86. The van der Waals surface area contributed by atoms with E-state index in [-0.39, 0.29) is 0 Å². The number of likely N-dealkylation sites (tertiary alicyclic amines) is 1. The first kappa shape index (κ1) is 15.5. The van der Waals surface area contributed by atoms with Crippen LogP contribution in [0.3, 0.4) is 0 Å². The molecule has 1 N–H and O–H groups in total. The van der Waals surface area contributed by atoms with E-state index in [1.165, 1.54) is 55.6 Å². The summed E-state index contributed by atoms with van der Waals surface area (Å²) in [7, 11) is 0. The topological polar surface area (TPSA) is 15.3 Å². The van der Waals surface area contributed by atoms with Crippen LogP contribution in [0.1, 0.15) is 42.9 Å². The summed E-state index contributed by atoms with van der Waals surface area (Å²) in [6.45, 7) is 12.7. The fraction of sp³-hybridized carbons (Fsp3) is 0.667. The number of hydrogen-bond donors (Lipinski definition) is 1. The van der Waals surface area contributed by atoms with Crippen molar-refractivity contribution >= 4 is 0 Å². The van der Waals surface area contributed by atoms with Crippen LogP contribution in [0, 0.1) is 19.8 Å². The lowest BCUT2D eigenvalue weighted by atomic mass is 9.99. The Morgan fingerprint density at radius 2 is 1.90 bits per heavy atom. The Kier molecular flexibility index (Phi) is 6.06. The highest BCUT2D eigenvalue weighted by Gasteiger charge is 2.14. The van der Waals surface area contributed by atoms with Gasteiger partial charge < -0.3 is 10.2 Å². The Hall–Kier alpha value is -0.860. The second kappa shape index (κ2) is 7.80. The first-order chi connectivity index (χ1) is 9.65. The van der Waals surface area contributed by atoms with Gasteiger partial charge in [0.25, 0.3) is 0 Å². The SMILES string of the molecule is Cc1ccc(CNCCCN2CCC(C)CC2)cc1C. The Morgan fingerprint density at radius 1 is 1.15 bits per heavy atom. The number of piperidine rings is 1. The molecule has 1 heterocycles. The van der Waals surface area contributed by atoms with E-state index in [0.717, 1.165) is 19.0 Å². The minimum Gasteiger partial charge on any atom is -0.313 e. The van der Waals surface area contributed by atoms with Crippen LogP contribution in [0.15, 0.2) is 18.2 Å². The van der Waals surface area contributed by atoms with Crippen molar-refractivity contribution in [2.75, 3.05) is 26.2 Å². The minimum absolute atomic E-state index is 0.939. The van der Waals surface area contributed by atoms with E-state index in [0.29, 0.717) is 0 Å². The Labute approximate surface area is 124 Å². The van der Waals surface area contributed by atoms with Crippen LogP contribution < -0.4 is 5.32 Å². The molecule has 1 aliphatic rings. The maximum Gasteiger partial charge on any atom is 0.0205 e. The van der Waals surface area contributed by atoms with Gasteiger partial charge in [-0.3, -0.25) is 0 Å². The highest BCUT2D eigenvalue weighted by Crippen LogP contribution is 2.15. The molecule has 1 aliphatic heterocycles. The standard InChI is InChI=1S/C18H30N2/c1-15-7-11-20(12-8-15)10-4-9-19-14-18-6-5-16(2)17(3)13-18/h5-6,13,15,19H,4,7-12,14H2,1-3H3. The van der Waals surface area contributed by atoms with Crippen molar-refractivity contribution in [2.45, 2.75) is 46.6 Å². The molecular formula is C18H30N2. The predicted molar refractivity (Wildman–Crippen MR) is 87.1 cm³/mol. The molecule has 1 fully saturated rings. The fourth-order valence-electron chi connectivity index (χ4n) is 2.86. The molecule has 0 saturated carbocycles. The first-order valence-electron chi connectivity index (χ1n) is 8.14. The number of hydrogen-bond acceptors (Lipinski definition) is 2. The van der Waals surface area contributed by atoms with Gasteiger partial charge >= 0.3 is 0 Å². The summed E-state index contributed by atoms with van der Waals surface area (Å²) >= 11 is 0. The van der Waals surface area contributed by atoms with E-state index in [1.807, 2.05) is 0 Å². The second-order valence-electron chi connectivity index (χ2n) is 6.47. The quantitative estimate of drug-likeness (QED) is 0.799. The number of benzene rings is 1. The molecule has 0 atom stereocenters. The smallest absolute Gasteiger partial charge is 0.0205 e. The van der Waals surface area contributed by atoms with Crippen molar-refractivity contribution < 1.29 is 0 Å². The van der Waals surface area contributed by atoms with Crippen LogP contribution in [0.2, 0.25) is 0 Å². The molecule has 2 rings (SSSR count). The van der Waals surface area contributed by atoms with Crippen molar-refractivity contribution in [1.29, 1.82) is 0 Å². The molecule has 0 bridgehead atoms. The predicted octanol–water partition coefficient (Wildman–Crippen LogP) is 3.52. The molecule has 1 saturated heterocycles. The normalized spacial score (nSPS) is 17.6. The highest BCUT2D eigenvalue weighted by molar-refractivity contribution is 5.29. The van der Waals surface area contributed by atoms with E-state index >= 15 is 0 Å². The van der Waals surface area contributed by atoms with Gasteiger partial charge in [-0.15, -0.1) is 0 Å². The van der Waals surface area contributed by atoms with Crippen molar-refractivity contribution in [2.24, 2.45) is 5.92 Å². The molecular weight excluding hydrogens is 244 g/mol. The second-order valence-corrected chi connectivity index (χ2v) is 6.47. The van der Waals surface area contributed by atoms with Crippen LogP contribution in [0.25, 0.3) is 0 Å². The molecule has 0 amide bonds. The van der Waals surface area contributed by atoms with E-state index in [1.54, 1.807) is 0 Å². The Morgan fingerprint density at radius 3 is 2.60 bits per heavy atom. The monoisotopic (exact) mass is 274 g/mol. The van der Waals surface area contributed by atoms with Crippen molar-refractivity contribution in [3.63, 3.8) is 0 Å². The first-order valence-corrected chi connectivity index (χ1v) is 8.14. The summed E-state index contributed by atoms with van der Waals surface area (Å²) in [4.78, 5) is 2.62. The molecule has 1 aromatic rings. The zero-order valence-electron chi connectivity index (χ0n) is 13.4. The van der Waals surface area contributed by atoms with Gasteiger partial charge in [0.1, 0.15) is 0 Å². The number of rotatable bonds is 6. The van der Waals surface area contributed by atoms with Gasteiger partial charge in [0.05, 0.1) is 0 Å². The molecule has 0 aromatic heterocycles. The molecule has 0 spiro atoms. The molecule has 1 aromatic carbocycles. The number of aryl methyl sites for hydroxylation is 2. The maximum atomic E-state index is 3.57. The van der Waals surface area contributed by atoms with E-state index in [4.69, 9.17) is 0 Å². The highest BCUT2D eigenvalue weighted by atomic mass is 15.1. The summed E-state index contributed by atoms with van der Waals surface area (Å²) in [6.07, 6.45) is 4.03. The van der Waals surface area contributed by atoms with Crippen LogP contribution in [-0.2, 0) is 6.54 Å². The van der Waals surface area contributed by atoms with Crippen molar-refractivity contribution in [3.05, 3.63) is 34.9 Å². The lowest BCUT2D eigenvalue weighted by Gasteiger charge is -2.30. The molecule has 0 aliphatic carbocycles. The summed E-state index contributed by atoms with van der Waals surface area (Å²) in [5.41, 5.74) is 4.18. The lowest BCUT2D eigenvalue weighted by molar-refractivity contribution is 0.190. The third kappa shape index (κ3) is 4.92. The van der Waals surface area contributed by atoms with Crippen molar-refractivity contribution in [1.82, 2.24) is 10.2 Å². The minimum atomic E-state index is 0.939. The van der Waals surface area contributed by atoms with Crippen LogP contribution in [0.5, 0.6) is 0 Å². The van der Waals surface area contributed by atoms with E-state index < -0.39 is 0 Å². The van der Waals surface area contributed by atoms with Gasteiger partial charge in [0, 0.05) is 6.54 Å². The molecule has 112 valence electrons. The number of nitrogens with one attached hydrogen (secondary N) is 1. The molecule has 2 nitrogen and oxygen atoms in total. The van der Waals surface area contributed by atoms with Gasteiger partial charge in [0.2, 0.25) is 0 Å².